The standard InChI is InChI=1S/C19H31N9.HI/c1-4-16-23-17-9-7-15(12-28(17)26-16)22-19(20-5-2)21-10-14-6-8-18-25-24-13(3)27(18)11-14;/h14-15H,4-12H2,1-3H3,(H2,20,21,22);1H. The molecule has 2 aliphatic rings. The lowest BCUT2D eigenvalue weighted by molar-refractivity contribution is 0.367. The summed E-state index contributed by atoms with van der Waals surface area (Å²) < 4.78 is 4.30. The fourth-order valence-corrected chi connectivity index (χ4v) is 4.04. The van der Waals surface area contributed by atoms with Crippen LogP contribution in [0.15, 0.2) is 4.99 Å². The van der Waals surface area contributed by atoms with Gasteiger partial charge in [-0.2, -0.15) is 5.10 Å². The molecule has 0 saturated carbocycles. The van der Waals surface area contributed by atoms with Crippen LogP contribution in [0.3, 0.4) is 0 Å². The molecule has 2 N–H and O–H groups in total. The molecule has 0 aromatic carbocycles. The molecule has 0 amide bonds. The Bertz CT molecular complexity index is 841. The first-order valence-corrected chi connectivity index (χ1v) is 10.5. The van der Waals surface area contributed by atoms with Crippen LogP contribution in [0.5, 0.6) is 0 Å². The van der Waals surface area contributed by atoms with Gasteiger partial charge in [0, 0.05) is 44.9 Å². The van der Waals surface area contributed by atoms with E-state index in [4.69, 9.17) is 4.99 Å². The summed E-state index contributed by atoms with van der Waals surface area (Å²) in [6.07, 6.45) is 5.01. The summed E-state index contributed by atoms with van der Waals surface area (Å²) in [6, 6.07) is 0.328. The van der Waals surface area contributed by atoms with Crippen molar-refractivity contribution in [2.45, 2.75) is 72.0 Å². The van der Waals surface area contributed by atoms with Gasteiger partial charge in [-0.1, -0.05) is 6.92 Å². The molecule has 2 aromatic rings. The zero-order valence-corrected chi connectivity index (χ0v) is 19.9. The Kier molecular flexibility index (Phi) is 7.47. The molecule has 4 rings (SSSR count). The van der Waals surface area contributed by atoms with Crippen LogP contribution in [0, 0.1) is 12.8 Å². The Hall–Kier alpha value is -1.72. The summed E-state index contributed by atoms with van der Waals surface area (Å²) in [5.41, 5.74) is 0. The van der Waals surface area contributed by atoms with Crippen LogP contribution in [-0.4, -0.2) is 54.6 Å². The average molecular weight is 513 g/mol. The first kappa shape index (κ1) is 22.0. The number of nitrogens with zero attached hydrogens (tertiary/aromatic N) is 7. The van der Waals surface area contributed by atoms with E-state index in [1.807, 2.05) is 6.92 Å². The molecule has 2 aliphatic heterocycles. The topological polar surface area (TPSA) is 97.8 Å². The van der Waals surface area contributed by atoms with Crippen LogP contribution >= 0.6 is 24.0 Å². The van der Waals surface area contributed by atoms with E-state index in [1.165, 1.54) is 0 Å². The van der Waals surface area contributed by atoms with Gasteiger partial charge in [0.1, 0.15) is 17.5 Å². The number of hydrogen-bond acceptors (Lipinski definition) is 5. The van der Waals surface area contributed by atoms with Gasteiger partial charge in [0.2, 0.25) is 0 Å². The molecule has 10 heteroatoms. The lowest BCUT2D eigenvalue weighted by Crippen LogP contribution is -2.47. The zero-order chi connectivity index (χ0) is 19.5. The molecule has 160 valence electrons. The van der Waals surface area contributed by atoms with Crippen molar-refractivity contribution in [1.82, 2.24) is 40.2 Å². The molecule has 2 atom stereocenters. The van der Waals surface area contributed by atoms with Gasteiger partial charge in [0.15, 0.2) is 11.8 Å². The molecule has 0 saturated heterocycles. The number of fused-ring (bicyclic) bond motifs is 2. The van der Waals surface area contributed by atoms with Gasteiger partial charge >= 0.3 is 0 Å². The van der Waals surface area contributed by atoms with Crippen LogP contribution < -0.4 is 10.6 Å². The Labute approximate surface area is 189 Å². The summed E-state index contributed by atoms with van der Waals surface area (Å²) in [4.78, 5) is 9.49. The van der Waals surface area contributed by atoms with E-state index in [2.05, 4.69) is 54.0 Å². The number of rotatable bonds is 5. The normalized spacial score (nSPS) is 21.1. The average Bonchev–Trinajstić information content (AvgIpc) is 3.29. The predicted molar refractivity (Wildman–Crippen MR) is 123 cm³/mol. The van der Waals surface area contributed by atoms with Crippen molar-refractivity contribution in [2.24, 2.45) is 10.9 Å². The maximum Gasteiger partial charge on any atom is 0.191 e. The highest BCUT2D eigenvalue weighted by Crippen LogP contribution is 2.20. The van der Waals surface area contributed by atoms with Crippen LogP contribution in [0.2, 0.25) is 0 Å². The fraction of sp³-hybridized carbons (Fsp3) is 0.737. The SMILES string of the molecule is CCNC(=NCC1CCc2nnc(C)n2C1)NC1CCc2nc(CC)nn2C1.I. The molecular formula is C19H32IN9. The molecule has 0 radical (unpaired) electrons. The highest BCUT2D eigenvalue weighted by Gasteiger charge is 2.23. The van der Waals surface area contributed by atoms with E-state index in [1.54, 1.807) is 0 Å². The number of aromatic nitrogens is 6. The van der Waals surface area contributed by atoms with E-state index in [9.17, 15) is 0 Å². The second-order valence-electron chi connectivity index (χ2n) is 7.76. The lowest BCUT2D eigenvalue weighted by atomic mass is 9.99. The maximum atomic E-state index is 4.89. The number of nitrogens with one attached hydrogen (secondary N) is 2. The summed E-state index contributed by atoms with van der Waals surface area (Å²) in [7, 11) is 0. The van der Waals surface area contributed by atoms with Crippen molar-refractivity contribution in [3.63, 3.8) is 0 Å². The monoisotopic (exact) mass is 513 g/mol. The molecular weight excluding hydrogens is 481 g/mol. The number of guanidine groups is 1. The molecule has 9 nitrogen and oxygen atoms in total. The largest absolute Gasteiger partial charge is 0.357 e. The number of hydrogen-bond donors (Lipinski definition) is 2. The maximum absolute atomic E-state index is 4.89. The molecule has 0 aliphatic carbocycles. The first-order valence-electron chi connectivity index (χ1n) is 10.5. The molecule has 29 heavy (non-hydrogen) atoms. The smallest absolute Gasteiger partial charge is 0.191 e. The van der Waals surface area contributed by atoms with Crippen molar-refractivity contribution in [3.05, 3.63) is 23.3 Å². The molecule has 2 aromatic heterocycles. The summed E-state index contributed by atoms with van der Waals surface area (Å²) in [6.45, 7) is 9.71. The van der Waals surface area contributed by atoms with Gasteiger partial charge in [-0.25, -0.2) is 9.67 Å². The van der Waals surface area contributed by atoms with E-state index in [0.29, 0.717) is 12.0 Å². The lowest BCUT2D eigenvalue weighted by Gasteiger charge is -2.26. The van der Waals surface area contributed by atoms with Crippen molar-refractivity contribution >= 4 is 29.9 Å². The van der Waals surface area contributed by atoms with Crippen LogP contribution in [0.25, 0.3) is 0 Å². The summed E-state index contributed by atoms with van der Waals surface area (Å²) in [5.74, 6) is 5.60. The predicted octanol–water partition coefficient (Wildman–Crippen LogP) is 1.49. The Morgan fingerprint density at radius 2 is 1.97 bits per heavy atom. The van der Waals surface area contributed by atoms with Crippen molar-refractivity contribution in [3.8, 4) is 0 Å². The van der Waals surface area contributed by atoms with Gasteiger partial charge in [0.25, 0.3) is 0 Å². The number of halogens is 1. The van der Waals surface area contributed by atoms with Crippen LogP contribution in [0.1, 0.15) is 50.0 Å². The summed E-state index contributed by atoms with van der Waals surface area (Å²) >= 11 is 0. The quantitative estimate of drug-likeness (QED) is 0.357. The van der Waals surface area contributed by atoms with E-state index >= 15 is 0 Å². The minimum Gasteiger partial charge on any atom is -0.357 e. The Morgan fingerprint density at radius 1 is 1.14 bits per heavy atom. The van der Waals surface area contributed by atoms with E-state index in [0.717, 1.165) is 87.5 Å². The highest BCUT2D eigenvalue weighted by atomic mass is 127. The fourth-order valence-electron chi connectivity index (χ4n) is 4.04. The van der Waals surface area contributed by atoms with Gasteiger partial charge < -0.3 is 15.2 Å². The molecule has 0 fully saturated rings. The Balaban J connectivity index is 0.00000240. The second-order valence-corrected chi connectivity index (χ2v) is 7.76. The molecule has 0 spiro atoms. The second kappa shape index (κ2) is 9.86. The van der Waals surface area contributed by atoms with Crippen LogP contribution in [0.4, 0.5) is 0 Å². The van der Waals surface area contributed by atoms with Gasteiger partial charge in [-0.3, -0.25) is 4.99 Å². The first-order chi connectivity index (χ1) is 13.7. The van der Waals surface area contributed by atoms with Crippen molar-refractivity contribution < 1.29 is 0 Å². The van der Waals surface area contributed by atoms with E-state index < -0.39 is 0 Å². The van der Waals surface area contributed by atoms with Crippen molar-refractivity contribution in [2.75, 3.05) is 13.1 Å². The highest BCUT2D eigenvalue weighted by molar-refractivity contribution is 14.0. The number of aryl methyl sites for hydroxylation is 4. The van der Waals surface area contributed by atoms with Crippen LogP contribution in [-0.2, 0) is 32.4 Å². The third-order valence-corrected chi connectivity index (χ3v) is 5.64. The molecule has 0 bridgehead atoms. The Morgan fingerprint density at radius 3 is 2.76 bits per heavy atom. The minimum atomic E-state index is 0. The molecule has 2 unspecified atom stereocenters. The summed E-state index contributed by atoms with van der Waals surface area (Å²) in [5, 5.41) is 20.1. The third-order valence-electron chi connectivity index (χ3n) is 5.64. The van der Waals surface area contributed by atoms with E-state index in [-0.39, 0.29) is 24.0 Å². The third kappa shape index (κ3) is 5.07. The van der Waals surface area contributed by atoms with Gasteiger partial charge in [-0.15, -0.1) is 34.2 Å². The van der Waals surface area contributed by atoms with Crippen molar-refractivity contribution in [1.29, 1.82) is 0 Å². The molecule has 4 heterocycles. The minimum absolute atomic E-state index is 0. The van der Waals surface area contributed by atoms with Gasteiger partial charge in [0.05, 0.1) is 6.54 Å². The number of aliphatic imine (C=N–C) groups is 1. The van der Waals surface area contributed by atoms with Gasteiger partial charge in [-0.05, 0) is 32.6 Å². The zero-order valence-electron chi connectivity index (χ0n) is 17.6.